The van der Waals surface area contributed by atoms with E-state index in [2.05, 4.69) is 4.90 Å². The fraction of sp³-hybridized carbons (Fsp3) is 0.588. The van der Waals surface area contributed by atoms with E-state index >= 15 is 0 Å². The first-order chi connectivity index (χ1) is 11.8. The summed E-state index contributed by atoms with van der Waals surface area (Å²) in [4.78, 5) is 13.2. The van der Waals surface area contributed by atoms with Crippen LogP contribution in [-0.2, 0) is 14.8 Å². The number of hydrogen-bond donors (Lipinski definition) is 1. The lowest BCUT2D eigenvalue weighted by molar-refractivity contribution is -0.137. The number of sulfonamides is 1. The van der Waals surface area contributed by atoms with Crippen LogP contribution in [0.3, 0.4) is 0 Å². The molecule has 0 spiro atoms. The van der Waals surface area contributed by atoms with E-state index in [1.807, 2.05) is 14.1 Å². The van der Waals surface area contributed by atoms with Crippen molar-refractivity contribution in [1.29, 1.82) is 0 Å². The minimum atomic E-state index is -3.63. The number of nitrogens with zero attached hydrogens (tertiary/aromatic N) is 2. The molecule has 1 heterocycles. The molecule has 25 heavy (non-hydrogen) atoms. The number of carboxylic acid groups (broad SMARTS) is 1. The van der Waals surface area contributed by atoms with Crippen LogP contribution >= 0.6 is 0 Å². The topological polar surface area (TPSA) is 87.2 Å². The van der Waals surface area contributed by atoms with E-state index in [1.54, 1.807) is 18.2 Å². The van der Waals surface area contributed by atoms with Crippen LogP contribution in [0.15, 0.2) is 29.2 Å². The summed E-state index contributed by atoms with van der Waals surface area (Å²) >= 11 is 0. The molecule has 7 nitrogen and oxygen atoms in total. The van der Waals surface area contributed by atoms with Crippen molar-refractivity contribution in [1.82, 2.24) is 9.21 Å². The van der Waals surface area contributed by atoms with Gasteiger partial charge in [0.1, 0.15) is 5.75 Å². The minimum Gasteiger partial charge on any atom is -0.497 e. The van der Waals surface area contributed by atoms with Crippen molar-refractivity contribution < 1.29 is 23.1 Å². The zero-order chi connectivity index (χ0) is 18.6. The molecule has 1 N–H and O–H groups in total. The maximum atomic E-state index is 13.0. The van der Waals surface area contributed by atoms with E-state index in [9.17, 15) is 13.2 Å². The van der Waals surface area contributed by atoms with Gasteiger partial charge in [-0.15, -0.1) is 0 Å². The number of carboxylic acids is 1. The maximum Gasteiger partial charge on any atom is 0.303 e. The monoisotopic (exact) mass is 370 g/mol. The molecule has 1 saturated heterocycles. The Morgan fingerprint density at radius 2 is 2.12 bits per heavy atom. The molecule has 1 aromatic carbocycles. The standard InChI is InChI=1S/C17H26N2O5S/c1-18(2)16-9-10-19(12-13(16)7-8-17(20)21)25(22,23)15-6-4-5-14(11-15)24-3/h4-6,11,13,16H,7-10,12H2,1-3H3,(H,20,21)/t13-,16+/m1/s1. The van der Waals surface area contributed by atoms with Gasteiger partial charge in [-0.3, -0.25) is 4.79 Å². The van der Waals surface area contributed by atoms with Crippen LogP contribution in [0.1, 0.15) is 19.3 Å². The second kappa shape index (κ2) is 8.16. The molecule has 0 saturated carbocycles. The van der Waals surface area contributed by atoms with Gasteiger partial charge in [-0.05, 0) is 45.0 Å². The first-order valence-electron chi connectivity index (χ1n) is 8.28. The molecular weight excluding hydrogens is 344 g/mol. The summed E-state index contributed by atoms with van der Waals surface area (Å²) < 4.78 is 32.5. The van der Waals surface area contributed by atoms with Gasteiger partial charge in [0, 0.05) is 31.6 Å². The summed E-state index contributed by atoms with van der Waals surface area (Å²) in [6.07, 6.45) is 1.19. The highest BCUT2D eigenvalue weighted by molar-refractivity contribution is 7.89. The average Bonchev–Trinajstić information content (AvgIpc) is 2.59. The summed E-state index contributed by atoms with van der Waals surface area (Å²) in [5.74, 6) is -0.378. The van der Waals surface area contributed by atoms with E-state index in [4.69, 9.17) is 9.84 Å². The van der Waals surface area contributed by atoms with Gasteiger partial charge in [-0.25, -0.2) is 8.42 Å². The minimum absolute atomic E-state index is 0.0137. The summed E-state index contributed by atoms with van der Waals surface area (Å²) in [6.45, 7) is 0.752. The van der Waals surface area contributed by atoms with Gasteiger partial charge in [0.15, 0.2) is 0 Å². The number of aliphatic carboxylic acids is 1. The summed E-state index contributed by atoms with van der Waals surface area (Å²) in [5.41, 5.74) is 0. The lowest BCUT2D eigenvalue weighted by Crippen LogP contribution is -2.50. The Balaban J connectivity index is 2.22. The third kappa shape index (κ3) is 4.71. The van der Waals surface area contributed by atoms with Crippen LogP contribution in [-0.4, -0.2) is 69.0 Å². The fourth-order valence-electron chi connectivity index (χ4n) is 3.39. The average molecular weight is 370 g/mol. The normalized spacial score (nSPS) is 22.1. The molecule has 1 aliphatic rings. The Bertz CT molecular complexity index is 705. The van der Waals surface area contributed by atoms with Gasteiger partial charge in [0.05, 0.1) is 12.0 Å². The molecule has 140 valence electrons. The Labute approximate surface area is 149 Å². The molecule has 1 aliphatic heterocycles. The van der Waals surface area contributed by atoms with Crippen molar-refractivity contribution in [3.63, 3.8) is 0 Å². The lowest BCUT2D eigenvalue weighted by Gasteiger charge is -2.41. The Morgan fingerprint density at radius 3 is 2.72 bits per heavy atom. The smallest absolute Gasteiger partial charge is 0.303 e. The van der Waals surface area contributed by atoms with Gasteiger partial charge in [0.2, 0.25) is 10.0 Å². The van der Waals surface area contributed by atoms with Crippen LogP contribution in [0.2, 0.25) is 0 Å². The number of piperidine rings is 1. The molecule has 0 aliphatic carbocycles. The van der Waals surface area contributed by atoms with Gasteiger partial charge in [0.25, 0.3) is 0 Å². The third-order valence-corrected chi connectivity index (χ3v) is 6.59. The van der Waals surface area contributed by atoms with Crippen molar-refractivity contribution in [2.75, 3.05) is 34.3 Å². The van der Waals surface area contributed by atoms with Crippen LogP contribution in [0.4, 0.5) is 0 Å². The van der Waals surface area contributed by atoms with Gasteiger partial charge in [-0.1, -0.05) is 6.07 Å². The zero-order valence-electron chi connectivity index (χ0n) is 14.9. The number of ether oxygens (including phenoxy) is 1. The van der Waals surface area contributed by atoms with E-state index in [0.717, 1.165) is 0 Å². The van der Waals surface area contributed by atoms with E-state index < -0.39 is 16.0 Å². The van der Waals surface area contributed by atoms with Crippen LogP contribution < -0.4 is 4.74 Å². The summed E-state index contributed by atoms with van der Waals surface area (Å²) in [6, 6.07) is 6.60. The largest absolute Gasteiger partial charge is 0.497 e. The van der Waals surface area contributed by atoms with Crippen LogP contribution in [0.25, 0.3) is 0 Å². The number of carbonyl (C=O) groups is 1. The molecule has 0 aromatic heterocycles. The predicted octanol–water partition coefficient (Wildman–Crippen LogP) is 1.50. The Morgan fingerprint density at radius 1 is 1.40 bits per heavy atom. The lowest BCUT2D eigenvalue weighted by atomic mass is 9.88. The van der Waals surface area contributed by atoms with Crippen molar-refractivity contribution in [2.24, 2.45) is 5.92 Å². The second-order valence-corrected chi connectivity index (χ2v) is 8.49. The Kier molecular flexibility index (Phi) is 6.42. The van der Waals surface area contributed by atoms with Crippen molar-refractivity contribution >= 4 is 16.0 Å². The second-order valence-electron chi connectivity index (χ2n) is 6.55. The highest BCUT2D eigenvalue weighted by atomic mass is 32.2. The molecule has 0 radical (unpaired) electrons. The number of rotatable bonds is 7. The predicted molar refractivity (Wildman–Crippen MR) is 94.2 cm³/mol. The Hall–Kier alpha value is -1.64. The molecule has 1 aromatic rings. The molecule has 2 rings (SSSR count). The van der Waals surface area contributed by atoms with Gasteiger partial charge < -0.3 is 14.7 Å². The molecule has 2 atom stereocenters. The van der Waals surface area contributed by atoms with E-state index in [-0.39, 0.29) is 23.3 Å². The highest BCUT2D eigenvalue weighted by Crippen LogP contribution is 2.29. The zero-order valence-corrected chi connectivity index (χ0v) is 15.7. The number of hydrogen-bond acceptors (Lipinski definition) is 5. The van der Waals surface area contributed by atoms with Crippen LogP contribution in [0.5, 0.6) is 5.75 Å². The fourth-order valence-corrected chi connectivity index (χ4v) is 4.94. The molecule has 0 unspecified atom stereocenters. The van der Waals surface area contributed by atoms with Crippen molar-refractivity contribution in [3.8, 4) is 5.75 Å². The van der Waals surface area contributed by atoms with Crippen molar-refractivity contribution in [2.45, 2.75) is 30.2 Å². The summed E-state index contributed by atoms with van der Waals surface area (Å²) in [5, 5.41) is 8.97. The SMILES string of the molecule is COc1cccc(S(=O)(=O)N2CC[C@H](N(C)C)[C@H](CCC(=O)O)C2)c1. The summed E-state index contributed by atoms with van der Waals surface area (Å²) in [7, 11) is 1.77. The molecule has 0 bridgehead atoms. The molecular formula is C17H26N2O5S. The number of methoxy groups -OCH3 is 1. The van der Waals surface area contributed by atoms with Gasteiger partial charge in [-0.2, -0.15) is 4.31 Å². The van der Waals surface area contributed by atoms with E-state index in [0.29, 0.717) is 31.7 Å². The molecule has 8 heteroatoms. The first kappa shape index (κ1) is 19.7. The maximum absolute atomic E-state index is 13.0. The van der Waals surface area contributed by atoms with Crippen molar-refractivity contribution in [3.05, 3.63) is 24.3 Å². The molecule has 0 amide bonds. The van der Waals surface area contributed by atoms with Crippen LogP contribution in [0, 0.1) is 5.92 Å². The number of benzene rings is 1. The van der Waals surface area contributed by atoms with E-state index in [1.165, 1.54) is 17.5 Å². The third-order valence-electron chi connectivity index (χ3n) is 4.73. The van der Waals surface area contributed by atoms with Gasteiger partial charge >= 0.3 is 5.97 Å². The first-order valence-corrected chi connectivity index (χ1v) is 9.72. The quantitative estimate of drug-likeness (QED) is 0.783. The molecule has 1 fully saturated rings. The highest BCUT2D eigenvalue weighted by Gasteiger charge is 2.36.